The molecular formula is C21H20BrClN4O3. The summed E-state index contributed by atoms with van der Waals surface area (Å²) in [7, 11) is 0. The number of benzene rings is 2. The van der Waals surface area contributed by atoms with Gasteiger partial charge in [0.2, 0.25) is 11.8 Å². The topological polar surface area (TPSA) is 90.9 Å². The zero-order valence-electron chi connectivity index (χ0n) is 16.5. The van der Waals surface area contributed by atoms with E-state index in [0.717, 1.165) is 15.6 Å². The average molecular weight is 492 g/mol. The summed E-state index contributed by atoms with van der Waals surface area (Å²) >= 11 is 9.51. The molecule has 1 heterocycles. The highest BCUT2D eigenvalue weighted by Gasteiger charge is 2.26. The second-order valence-electron chi connectivity index (χ2n) is 6.88. The van der Waals surface area contributed by atoms with E-state index < -0.39 is 5.91 Å². The zero-order chi connectivity index (χ0) is 21.8. The molecule has 2 aromatic carbocycles. The van der Waals surface area contributed by atoms with Gasteiger partial charge in [-0.05, 0) is 55.3 Å². The molecule has 0 atom stereocenters. The number of nitrogens with one attached hydrogen (secondary N) is 2. The summed E-state index contributed by atoms with van der Waals surface area (Å²) in [4.78, 5) is 36.9. The van der Waals surface area contributed by atoms with Gasteiger partial charge in [-0.2, -0.15) is 5.10 Å². The minimum atomic E-state index is -0.492. The van der Waals surface area contributed by atoms with Gasteiger partial charge in [-0.25, -0.2) is 5.01 Å². The van der Waals surface area contributed by atoms with Crippen LogP contribution in [0, 0.1) is 13.8 Å². The summed E-state index contributed by atoms with van der Waals surface area (Å²) in [5.41, 5.74) is 3.11. The predicted octanol–water partition coefficient (Wildman–Crippen LogP) is 3.96. The molecule has 30 heavy (non-hydrogen) atoms. The molecule has 0 bridgehead atoms. The zero-order valence-corrected chi connectivity index (χ0v) is 18.8. The van der Waals surface area contributed by atoms with Crippen LogP contribution in [0.25, 0.3) is 0 Å². The van der Waals surface area contributed by atoms with Gasteiger partial charge < -0.3 is 10.6 Å². The van der Waals surface area contributed by atoms with Crippen molar-refractivity contribution >= 4 is 62.3 Å². The summed E-state index contributed by atoms with van der Waals surface area (Å²) in [6.07, 6.45) is 0.343. The highest BCUT2D eigenvalue weighted by Crippen LogP contribution is 2.26. The first-order valence-electron chi connectivity index (χ1n) is 9.25. The molecule has 156 valence electrons. The Morgan fingerprint density at radius 2 is 1.90 bits per heavy atom. The summed E-state index contributed by atoms with van der Waals surface area (Å²) < 4.78 is 0.913. The van der Waals surface area contributed by atoms with Crippen LogP contribution >= 0.6 is 27.5 Å². The molecule has 7 nitrogen and oxygen atoms in total. The SMILES string of the molecule is Cc1ccc(N2N=C(C(=O)NCC(=O)Nc3ccc(Br)cc3C)CCC2=O)cc1Cl. The third-order valence-corrected chi connectivity index (χ3v) is 5.47. The minimum Gasteiger partial charge on any atom is -0.342 e. The van der Waals surface area contributed by atoms with Crippen molar-refractivity contribution in [3.05, 3.63) is 57.0 Å². The molecule has 1 aliphatic heterocycles. The fourth-order valence-electron chi connectivity index (χ4n) is 2.86. The number of rotatable bonds is 5. The maximum atomic E-state index is 12.5. The van der Waals surface area contributed by atoms with E-state index in [1.54, 1.807) is 24.3 Å². The first kappa shape index (κ1) is 22.0. The van der Waals surface area contributed by atoms with Crippen molar-refractivity contribution in [1.82, 2.24) is 5.32 Å². The third-order valence-electron chi connectivity index (χ3n) is 4.57. The van der Waals surface area contributed by atoms with Crippen LogP contribution in [0.1, 0.15) is 24.0 Å². The Labute approximate surface area is 187 Å². The van der Waals surface area contributed by atoms with Gasteiger partial charge in [-0.3, -0.25) is 14.4 Å². The van der Waals surface area contributed by atoms with E-state index in [2.05, 4.69) is 31.7 Å². The molecule has 0 aromatic heterocycles. The van der Waals surface area contributed by atoms with Gasteiger partial charge in [-0.15, -0.1) is 0 Å². The molecule has 0 unspecified atom stereocenters. The van der Waals surface area contributed by atoms with Crippen molar-refractivity contribution < 1.29 is 14.4 Å². The lowest BCUT2D eigenvalue weighted by molar-refractivity contribution is -0.120. The number of aryl methyl sites for hydroxylation is 2. The average Bonchev–Trinajstić information content (AvgIpc) is 2.71. The fraction of sp³-hybridized carbons (Fsp3) is 0.238. The van der Waals surface area contributed by atoms with Gasteiger partial charge in [0.1, 0.15) is 5.71 Å². The molecule has 0 aliphatic carbocycles. The standard InChI is InChI=1S/C21H20BrClN4O3/c1-12-3-5-15(10-16(12)23)27-20(29)8-7-18(26-27)21(30)24-11-19(28)25-17-6-4-14(22)9-13(17)2/h3-6,9-10H,7-8,11H2,1-2H3,(H,24,30)(H,25,28). The molecule has 0 spiro atoms. The van der Waals surface area contributed by atoms with Gasteiger partial charge in [0, 0.05) is 28.0 Å². The molecule has 9 heteroatoms. The quantitative estimate of drug-likeness (QED) is 0.663. The molecule has 2 aromatic rings. The van der Waals surface area contributed by atoms with Gasteiger partial charge in [0.05, 0.1) is 12.2 Å². The number of nitrogens with zero attached hydrogens (tertiary/aromatic N) is 2. The lowest BCUT2D eigenvalue weighted by Gasteiger charge is -2.23. The van der Waals surface area contributed by atoms with Crippen LogP contribution in [-0.2, 0) is 14.4 Å². The van der Waals surface area contributed by atoms with Gasteiger partial charge >= 0.3 is 0 Å². The molecule has 0 saturated heterocycles. The van der Waals surface area contributed by atoms with E-state index in [9.17, 15) is 14.4 Å². The molecule has 0 radical (unpaired) electrons. The largest absolute Gasteiger partial charge is 0.342 e. The number of carbonyl (C=O) groups excluding carboxylic acids is 3. The van der Waals surface area contributed by atoms with E-state index >= 15 is 0 Å². The van der Waals surface area contributed by atoms with E-state index in [-0.39, 0.29) is 36.9 Å². The Morgan fingerprint density at radius 3 is 2.60 bits per heavy atom. The maximum absolute atomic E-state index is 12.5. The summed E-state index contributed by atoms with van der Waals surface area (Å²) in [5.74, 6) is -1.08. The highest BCUT2D eigenvalue weighted by atomic mass is 79.9. The number of hydrazone groups is 1. The molecule has 3 amide bonds. The lowest BCUT2D eigenvalue weighted by atomic mass is 10.1. The normalized spacial score (nSPS) is 13.7. The van der Waals surface area contributed by atoms with Crippen LogP contribution in [0.5, 0.6) is 0 Å². The second-order valence-corrected chi connectivity index (χ2v) is 8.20. The molecule has 3 rings (SSSR count). The first-order valence-corrected chi connectivity index (χ1v) is 10.4. The van der Waals surface area contributed by atoms with E-state index in [0.29, 0.717) is 16.4 Å². The number of amides is 3. The Morgan fingerprint density at radius 1 is 1.13 bits per heavy atom. The summed E-state index contributed by atoms with van der Waals surface area (Å²) in [5, 5.41) is 11.2. The highest BCUT2D eigenvalue weighted by molar-refractivity contribution is 9.10. The van der Waals surface area contributed by atoms with Crippen LogP contribution in [0.15, 0.2) is 46.0 Å². The second kappa shape index (κ2) is 9.40. The van der Waals surface area contributed by atoms with Crippen molar-refractivity contribution in [3.8, 4) is 0 Å². The number of halogens is 2. The van der Waals surface area contributed by atoms with Crippen molar-refractivity contribution in [2.24, 2.45) is 5.10 Å². The van der Waals surface area contributed by atoms with Crippen LogP contribution in [0.4, 0.5) is 11.4 Å². The van der Waals surface area contributed by atoms with Gasteiger partial charge in [0.15, 0.2) is 0 Å². The Hall–Kier alpha value is -2.71. The van der Waals surface area contributed by atoms with Gasteiger partial charge in [-0.1, -0.05) is 33.6 Å². The van der Waals surface area contributed by atoms with Crippen LogP contribution < -0.4 is 15.6 Å². The van der Waals surface area contributed by atoms with Crippen molar-refractivity contribution in [2.75, 3.05) is 16.9 Å². The lowest BCUT2D eigenvalue weighted by Crippen LogP contribution is -2.41. The molecule has 0 fully saturated rings. The summed E-state index contributed by atoms with van der Waals surface area (Å²) in [6, 6.07) is 10.6. The van der Waals surface area contributed by atoms with Crippen LogP contribution in [0.2, 0.25) is 5.02 Å². The van der Waals surface area contributed by atoms with Crippen LogP contribution in [-0.4, -0.2) is 30.0 Å². The smallest absolute Gasteiger partial charge is 0.267 e. The molecule has 1 aliphatic rings. The van der Waals surface area contributed by atoms with E-state index in [4.69, 9.17) is 11.6 Å². The molecule has 2 N–H and O–H groups in total. The maximum Gasteiger partial charge on any atom is 0.267 e. The van der Waals surface area contributed by atoms with Crippen molar-refractivity contribution in [1.29, 1.82) is 0 Å². The number of hydrogen-bond donors (Lipinski definition) is 2. The number of anilines is 2. The van der Waals surface area contributed by atoms with Crippen LogP contribution in [0.3, 0.4) is 0 Å². The number of carbonyl (C=O) groups is 3. The fourth-order valence-corrected chi connectivity index (χ4v) is 3.51. The molecule has 0 saturated carbocycles. The Kier molecular flexibility index (Phi) is 6.89. The van der Waals surface area contributed by atoms with Crippen molar-refractivity contribution in [2.45, 2.75) is 26.7 Å². The Balaban J connectivity index is 1.64. The third kappa shape index (κ3) is 5.25. The summed E-state index contributed by atoms with van der Waals surface area (Å²) in [6.45, 7) is 3.52. The Bertz CT molecular complexity index is 1050. The van der Waals surface area contributed by atoms with Gasteiger partial charge in [0.25, 0.3) is 5.91 Å². The molecular weight excluding hydrogens is 472 g/mol. The monoisotopic (exact) mass is 490 g/mol. The first-order chi connectivity index (χ1) is 14.2. The number of hydrogen-bond acceptors (Lipinski definition) is 4. The predicted molar refractivity (Wildman–Crippen MR) is 121 cm³/mol. The van der Waals surface area contributed by atoms with E-state index in [1.165, 1.54) is 5.01 Å². The van der Waals surface area contributed by atoms with E-state index in [1.807, 2.05) is 26.0 Å². The van der Waals surface area contributed by atoms with Crippen molar-refractivity contribution in [3.63, 3.8) is 0 Å². The minimum absolute atomic E-state index is 0.141.